The third-order valence-electron chi connectivity index (χ3n) is 2.88. The molecule has 0 unspecified atom stereocenters. The molecule has 0 aliphatic heterocycles. The number of quaternary nitrogens is 1. The first-order valence-corrected chi connectivity index (χ1v) is 6.99. The van der Waals surface area contributed by atoms with Gasteiger partial charge >= 0.3 is 0 Å². The third kappa shape index (κ3) is 6.89. The van der Waals surface area contributed by atoms with Crippen LogP contribution in [0.15, 0.2) is 24.3 Å². The molecule has 1 aromatic carbocycles. The van der Waals surface area contributed by atoms with E-state index >= 15 is 0 Å². The van der Waals surface area contributed by atoms with E-state index < -0.39 is 6.10 Å². The lowest BCUT2D eigenvalue weighted by Gasteiger charge is -2.16. The molecule has 0 saturated heterocycles. The van der Waals surface area contributed by atoms with Gasteiger partial charge in [-0.25, -0.2) is 0 Å². The molecule has 2 atom stereocenters. The van der Waals surface area contributed by atoms with Crippen LogP contribution in [0.1, 0.15) is 25.0 Å². The zero-order valence-corrected chi connectivity index (χ0v) is 12.0. The smallest absolute Gasteiger partial charge is 0.126 e. The van der Waals surface area contributed by atoms with Crippen LogP contribution in [-0.2, 0) is 4.74 Å². The molecule has 0 radical (unpaired) electrons. The van der Waals surface area contributed by atoms with Gasteiger partial charge in [-0.1, -0.05) is 23.7 Å². The van der Waals surface area contributed by atoms with Gasteiger partial charge in [0.15, 0.2) is 0 Å². The van der Waals surface area contributed by atoms with E-state index in [-0.39, 0.29) is 12.7 Å². The van der Waals surface area contributed by atoms with Crippen molar-refractivity contribution in [3.8, 4) is 0 Å². The Morgan fingerprint density at radius 2 is 2.00 bits per heavy atom. The second-order valence-corrected chi connectivity index (χ2v) is 5.01. The van der Waals surface area contributed by atoms with Crippen LogP contribution in [0.25, 0.3) is 0 Å². The van der Waals surface area contributed by atoms with Crippen molar-refractivity contribution in [3.05, 3.63) is 34.9 Å². The summed E-state index contributed by atoms with van der Waals surface area (Å²) < 4.78 is 5.62. The van der Waals surface area contributed by atoms with E-state index in [1.54, 1.807) is 0 Å². The molecule has 0 aromatic heterocycles. The van der Waals surface area contributed by atoms with E-state index in [0.717, 1.165) is 18.5 Å². The van der Waals surface area contributed by atoms with Gasteiger partial charge in [-0.3, -0.25) is 0 Å². The standard InChI is InChI=1S/C14H22ClNO3/c1-11(12-3-5-13(15)6-4-12)19-10-14(18)9-16-7-2-8-17/h3-6,11,14,16-18H,2,7-10H2,1H3/p+1/t11-,14+/m1/s1. The predicted molar refractivity (Wildman–Crippen MR) is 75.2 cm³/mol. The van der Waals surface area contributed by atoms with E-state index in [4.69, 9.17) is 21.4 Å². The Hall–Kier alpha value is -0.650. The van der Waals surface area contributed by atoms with Crippen molar-refractivity contribution in [1.29, 1.82) is 0 Å². The number of rotatable bonds is 9. The lowest BCUT2D eigenvalue weighted by atomic mass is 10.1. The molecule has 4 nitrogen and oxygen atoms in total. The van der Waals surface area contributed by atoms with Crippen molar-refractivity contribution >= 4 is 11.6 Å². The number of aliphatic hydroxyl groups excluding tert-OH is 2. The van der Waals surface area contributed by atoms with Crippen LogP contribution in [0.4, 0.5) is 0 Å². The molecule has 19 heavy (non-hydrogen) atoms. The van der Waals surface area contributed by atoms with Crippen LogP contribution >= 0.6 is 11.6 Å². The number of halogens is 1. The van der Waals surface area contributed by atoms with E-state index in [0.29, 0.717) is 18.2 Å². The van der Waals surface area contributed by atoms with Gasteiger partial charge in [-0.05, 0) is 24.6 Å². The Bertz CT molecular complexity index is 345. The van der Waals surface area contributed by atoms with E-state index in [9.17, 15) is 5.11 Å². The molecule has 108 valence electrons. The molecule has 0 aliphatic carbocycles. The maximum absolute atomic E-state index is 9.75. The minimum atomic E-state index is -0.492. The van der Waals surface area contributed by atoms with Crippen LogP contribution in [0.3, 0.4) is 0 Å². The predicted octanol–water partition coefficient (Wildman–Crippen LogP) is 0.724. The van der Waals surface area contributed by atoms with Crippen molar-refractivity contribution in [2.45, 2.75) is 25.6 Å². The maximum atomic E-state index is 9.75. The Labute approximate surface area is 119 Å². The molecule has 0 bridgehead atoms. The van der Waals surface area contributed by atoms with Crippen molar-refractivity contribution < 1.29 is 20.3 Å². The number of aliphatic hydroxyl groups is 2. The van der Waals surface area contributed by atoms with E-state index in [2.05, 4.69) is 0 Å². The van der Waals surface area contributed by atoms with Gasteiger partial charge in [0.25, 0.3) is 0 Å². The average Bonchev–Trinajstić information content (AvgIpc) is 2.42. The fraction of sp³-hybridized carbons (Fsp3) is 0.571. The zero-order chi connectivity index (χ0) is 14.1. The Kier molecular flexibility index (Phi) is 8.02. The molecular formula is C14H23ClNO3+. The van der Waals surface area contributed by atoms with Crippen molar-refractivity contribution in [1.82, 2.24) is 0 Å². The normalized spacial score (nSPS) is 14.3. The molecule has 0 saturated carbocycles. The van der Waals surface area contributed by atoms with Gasteiger partial charge in [0.1, 0.15) is 12.6 Å². The Morgan fingerprint density at radius 1 is 1.32 bits per heavy atom. The molecule has 4 N–H and O–H groups in total. The summed E-state index contributed by atoms with van der Waals surface area (Å²) in [5, 5.41) is 21.1. The molecule has 0 heterocycles. The first-order valence-electron chi connectivity index (χ1n) is 6.61. The number of nitrogens with two attached hydrogens (primary N) is 1. The minimum Gasteiger partial charge on any atom is -0.396 e. The molecule has 0 fully saturated rings. The Morgan fingerprint density at radius 3 is 2.63 bits per heavy atom. The van der Waals surface area contributed by atoms with Crippen molar-refractivity contribution in [2.24, 2.45) is 0 Å². The van der Waals surface area contributed by atoms with Crippen LogP contribution in [-0.4, -0.2) is 42.6 Å². The second kappa shape index (κ2) is 9.28. The van der Waals surface area contributed by atoms with Crippen LogP contribution in [0.2, 0.25) is 5.02 Å². The van der Waals surface area contributed by atoms with Gasteiger partial charge in [-0.2, -0.15) is 0 Å². The Balaban J connectivity index is 2.22. The van der Waals surface area contributed by atoms with Gasteiger partial charge < -0.3 is 20.3 Å². The maximum Gasteiger partial charge on any atom is 0.126 e. The molecular weight excluding hydrogens is 266 g/mol. The van der Waals surface area contributed by atoms with Crippen molar-refractivity contribution in [2.75, 3.05) is 26.3 Å². The summed E-state index contributed by atoms with van der Waals surface area (Å²) >= 11 is 5.82. The molecule has 5 heteroatoms. The quantitative estimate of drug-likeness (QED) is 0.587. The lowest BCUT2D eigenvalue weighted by molar-refractivity contribution is -0.661. The number of benzene rings is 1. The topological polar surface area (TPSA) is 66.3 Å². The SMILES string of the molecule is C[C@@H](OC[C@@H](O)C[NH2+]CCCO)c1ccc(Cl)cc1. The summed E-state index contributed by atoms with van der Waals surface area (Å²) in [7, 11) is 0. The largest absolute Gasteiger partial charge is 0.396 e. The highest BCUT2D eigenvalue weighted by Crippen LogP contribution is 2.19. The van der Waals surface area contributed by atoms with E-state index in [1.807, 2.05) is 36.5 Å². The summed E-state index contributed by atoms with van der Waals surface area (Å²) in [6.45, 7) is 3.86. The van der Waals surface area contributed by atoms with Crippen molar-refractivity contribution in [3.63, 3.8) is 0 Å². The minimum absolute atomic E-state index is 0.0654. The summed E-state index contributed by atoms with van der Waals surface area (Å²) in [6.07, 6.45) is 0.187. The molecule has 0 spiro atoms. The first kappa shape index (κ1) is 16.4. The summed E-state index contributed by atoms with van der Waals surface area (Å²) in [4.78, 5) is 0. The highest BCUT2D eigenvalue weighted by molar-refractivity contribution is 6.30. The molecule has 0 aliphatic rings. The van der Waals surface area contributed by atoms with Crippen LogP contribution in [0, 0.1) is 0 Å². The fourth-order valence-electron chi connectivity index (χ4n) is 1.70. The average molecular weight is 289 g/mol. The van der Waals surface area contributed by atoms with Gasteiger partial charge in [0, 0.05) is 18.1 Å². The summed E-state index contributed by atoms with van der Waals surface area (Å²) in [6, 6.07) is 7.51. The van der Waals surface area contributed by atoms with E-state index in [1.165, 1.54) is 0 Å². The molecule has 0 amide bonds. The number of hydrogen-bond acceptors (Lipinski definition) is 3. The zero-order valence-electron chi connectivity index (χ0n) is 11.3. The number of hydrogen-bond donors (Lipinski definition) is 3. The molecule has 1 rings (SSSR count). The first-order chi connectivity index (χ1) is 9.13. The van der Waals surface area contributed by atoms with Gasteiger partial charge in [-0.15, -0.1) is 0 Å². The van der Waals surface area contributed by atoms with Gasteiger partial charge in [0.05, 0.1) is 19.3 Å². The van der Waals surface area contributed by atoms with Crippen LogP contribution < -0.4 is 5.32 Å². The lowest BCUT2D eigenvalue weighted by Crippen LogP contribution is -2.86. The number of ether oxygens (including phenoxy) is 1. The van der Waals surface area contributed by atoms with Crippen LogP contribution in [0.5, 0.6) is 0 Å². The highest BCUT2D eigenvalue weighted by Gasteiger charge is 2.11. The van der Waals surface area contributed by atoms with Gasteiger partial charge in [0.2, 0.25) is 0 Å². The fourth-order valence-corrected chi connectivity index (χ4v) is 1.83. The highest BCUT2D eigenvalue weighted by atomic mass is 35.5. The monoisotopic (exact) mass is 288 g/mol. The third-order valence-corrected chi connectivity index (χ3v) is 3.14. The second-order valence-electron chi connectivity index (χ2n) is 4.57. The molecule has 1 aromatic rings. The summed E-state index contributed by atoms with van der Waals surface area (Å²) in [5.41, 5.74) is 1.04. The summed E-state index contributed by atoms with van der Waals surface area (Å²) in [5.74, 6) is 0.